The van der Waals surface area contributed by atoms with Crippen molar-refractivity contribution >= 4 is 11.8 Å². The van der Waals surface area contributed by atoms with Crippen LogP contribution in [0.2, 0.25) is 0 Å². The minimum absolute atomic E-state index is 0.0713. The van der Waals surface area contributed by atoms with Crippen LogP contribution in [-0.4, -0.2) is 5.51 Å². The Morgan fingerprint density at radius 2 is 1.90 bits per heavy atom. The molecule has 1 aromatic carbocycles. The summed E-state index contributed by atoms with van der Waals surface area (Å²) >= 11 is -0.0713. The molecular weight excluding hydrogens is 281 g/mol. The molecule has 1 aromatic rings. The molecule has 0 atom stereocenters. The van der Waals surface area contributed by atoms with E-state index in [0.717, 1.165) is 37.7 Å². The summed E-state index contributed by atoms with van der Waals surface area (Å²) in [6, 6.07) is 5.19. The molecule has 0 radical (unpaired) electrons. The Kier molecular flexibility index (Phi) is 7.01. The van der Waals surface area contributed by atoms with E-state index in [1.54, 1.807) is 12.1 Å². The minimum Gasteiger partial charge on any atom is -0.160 e. The molecule has 0 amide bonds. The van der Waals surface area contributed by atoms with Crippen molar-refractivity contribution in [1.82, 2.24) is 0 Å². The number of alkyl halides is 3. The highest BCUT2D eigenvalue weighted by Crippen LogP contribution is 2.38. The average Bonchev–Trinajstić information content (AvgIpc) is 2.35. The average molecular weight is 300 g/mol. The number of hydrogen-bond acceptors (Lipinski definition) is 1. The van der Waals surface area contributed by atoms with E-state index in [9.17, 15) is 13.2 Å². The third-order valence-electron chi connectivity index (χ3n) is 2.69. The number of benzene rings is 1. The van der Waals surface area contributed by atoms with Crippen molar-refractivity contribution in [3.63, 3.8) is 0 Å². The topological polar surface area (TPSA) is 0 Å². The quantitative estimate of drug-likeness (QED) is 0.376. The molecule has 0 aliphatic carbocycles. The molecule has 0 heterocycles. The van der Waals surface area contributed by atoms with Gasteiger partial charge in [0.1, 0.15) is 0 Å². The number of thioether (sulfide) groups is 1. The van der Waals surface area contributed by atoms with Gasteiger partial charge in [-0.05, 0) is 42.3 Å². The molecule has 0 aromatic heterocycles. The van der Waals surface area contributed by atoms with Crippen LogP contribution in [0.25, 0.3) is 0 Å². The van der Waals surface area contributed by atoms with Crippen molar-refractivity contribution in [3.05, 3.63) is 29.3 Å². The lowest BCUT2D eigenvalue weighted by Gasteiger charge is -2.09. The van der Waals surface area contributed by atoms with Crippen LogP contribution >= 0.6 is 11.8 Å². The van der Waals surface area contributed by atoms with Crippen LogP contribution < -0.4 is 0 Å². The normalized spacial score (nSPS) is 11.1. The second-order valence-corrected chi connectivity index (χ2v) is 5.64. The maximum absolute atomic E-state index is 12.6. The zero-order valence-corrected chi connectivity index (χ0v) is 12.6. The highest BCUT2D eigenvalue weighted by molar-refractivity contribution is 8.00. The van der Waals surface area contributed by atoms with Gasteiger partial charge in [0.05, 0.1) is 0 Å². The number of aryl methyl sites for hydroxylation is 1. The smallest absolute Gasteiger partial charge is 0.160 e. The van der Waals surface area contributed by atoms with Crippen molar-refractivity contribution in [1.29, 1.82) is 0 Å². The van der Waals surface area contributed by atoms with Crippen molar-refractivity contribution < 1.29 is 13.2 Å². The lowest BCUT2D eigenvalue weighted by Crippen LogP contribution is -2.01. The lowest BCUT2D eigenvalue weighted by atomic mass is 10.1. The third-order valence-corrected chi connectivity index (χ3v) is 3.48. The molecule has 0 nitrogen and oxygen atoms in total. The van der Waals surface area contributed by atoms with E-state index in [1.165, 1.54) is 0 Å². The molecule has 0 unspecified atom stereocenters. The highest BCUT2D eigenvalue weighted by Gasteiger charge is 2.30. The van der Waals surface area contributed by atoms with Crippen LogP contribution in [0.3, 0.4) is 0 Å². The summed E-state index contributed by atoms with van der Waals surface area (Å²) in [5, 5.41) is 0. The Hall–Kier alpha value is -1.08. The van der Waals surface area contributed by atoms with Crippen molar-refractivity contribution in [2.45, 2.75) is 56.4 Å². The van der Waals surface area contributed by atoms with E-state index in [2.05, 4.69) is 18.8 Å². The molecule has 20 heavy (non-hydrogen) atoms. The van der Waals surface area contributed by atoms with Gasteiger partial charge in [-0.25, -0.2) is 0 Å². The zero-order valence-electron chi connectivity index (χ0n) is 11.8. The van der Waals surface area contributed by atoms with Crippen LogP contribution in [0.15, 0.2) is 23.1 Å². The second-order valence-electron chi connectivity index (χ2n) is 4.53. The Morgan fingerprint density at radius 1 is 1.15 bits per heavy atom. The van der Waals surface area contributed by atoms with Gasteiger partial charge in [0.25, 0.3) is 0 Å². The van der Waals surface area contributed by atoms with Gasteiger partial charge in [-0.2, -0.15) is 13.2 Å². The summed E-state index contributed by atoms with van der Waals surface area (Å²) in [5.41, 5.74) is -2.87. The molecule has 110 valence electrons. The molecule has 0 N–H and O–H groups in total. The molecule has 0 saturated heterocycles. The first-order valence-electron chi connectivity index (χ1n) is 6.83. The van der Waals surface area contributed by atoms with Crippen molar-refractivity contribution in [2.75, 3.05) is 0 Å². The van der Waals surface area contributed by atoms with E-state index in [4.69, 9.17) is 0 Å². The zero-order chi connectivity index (χ0) is 15.0. The summed E-state index contributed by atoms with van der Waals surface area (Å²) in [5.74, 6) is 5.82. The van der Waals surface area contributed by atoms with Crippen LogP contribution in [0, 0.1) is 11.8 Å². The standard InChI is InChI=1S/C16H19F3S/c1-3-5-6-7-9-14-11-10-13(8-4-2)12-15(14)20-16(17,18)19/h10-12H,3-6,8H2,1-2H3. The van der Waals surface area contributed by atoms with Gasteiger partial charge in [0.2, 0.25) is 0 Å². The van der Waals surface area contributed by atoms with Gasteiger partial charge in [0, 0.05) is 16.9 Å². The monoisotopic (exact) mass is 300 g/mol. The maximum atomic E-state index is 12.6. The first-order chi connectivity index (χ1) is 9.46. The number of rotatable bonds is 5. The lowest BCUT2D eigenvalue weighted by molar-refractivity contribution is -0.0328. The van der Waals surface area contributed by atoms with E-state index in [0.29, 0.717) is 5.56 Å². The fraction of sp³-hybridized carbons (Fsp3) is 0.500. The Morgan fingerprint density at radius 3 is 2.50 bits per heavy atom. The van der Waals surface area contributed by atoms with Gasteiger partial charge in [0.15, 0.2) is 0 Å². The second kappa shape index (κ2) is 8.26. The Balaban J connectivity index is 2.98. The van der Waals surface area contributed by atoms with Crippen LogP contribution in [0.1, 0.15) is 50.7 Å². The fourth-order valence-corrected chi connectivity index (χ4v) is 2.43. The molecule has 4 heteroatoms. The summed E-state index contributed by atoms with van der Waals surface area (Å²) < 4.78 is 37.8. The van der Waals surface area contributed by atoms with Crippen molar-refractivity contribution in [3.8, 4) is 11.8 Å². The molecule has 0 bridgehead atoms. The molecule has 0 aliphatic rings. The van der Waals surface area contributed by atoms with E-state index >= 15 is 0 Å². The Bertz CT molecular complexity index is 481. The molecule has 1 rings (SSSR count). The van der Waals surface area contributed by atoms with Crippen molar-refractivity contribution in [2.24, 2.45) is 0 Å². The van der Waals surface area contributed by atoms with Gasteiger partial charge in [-0.1, -0.05) is 44.6 Å². The molecule has 0 aliphatic heterocycles. The minimum atomic E-state index is -4.27. The first kappa shape index (κ1) is 17.0. The van der Waals surface area contributed by atoms with Crippen LogP contribution in [0.4, 0.5) is 13.2 Å². The van der Waals surface area contributed by atoms with Gasteiger partial charge >= 0.3 is 5.51 Å². The maximum Gasteiger partial charge on any atom is 0.446 e. The van der Waals surface area contributed by atoms with Crippen LogP contribution in [-0.2, 0) is 6.42 Å². The SMILES string of the molecule is CCCCC#Cc1ccc(CCC)cc1SC(F)(F)F. The highest BCUT2D eigenvalue weighted by atomic mass is 32.2. The predicted molar refractivity (Wildman–Crippen MR) is 78.8 cm³/mol. The third kappa shape index (κ3) is 6.38. The van der Waals surface area contributed by atoms with Gasteiger partial charge in [-0.3, -0.25) is 0 Å². The molecule has 0 fully saturated rings. The van der Waals surface area contributed by atoms with Crippen LogP contribution in [0.5, 0.6) is 0 Å². The number of halogens is 3. The van der Waals surface area contributed by atoms with E-state index in [1.807, 2.05) is 13.0 Å². The molecule has 0 spiro atoms. The number of hydrogen-bond donors (Lipinski definition) is 0. The van der Waals surface area contributed by atoms with E-state index < -0.39 is 5.51 Å². The molecule has 0 saturated carbocycles. The predicted octanol–water partition coefficient (Wildman–Crippen LogP) is 5.79. The van der Waals surface area contributed by atoms with Gasteiger partial charge in [-0.15, -0.1) is 0 Å². The summed E-state index contributed by atoms with van der Waals surface area (Å²) in [4.78, 5) is 0.215. The summed E-state index contributed by atoms with van der Waals surface area (Å²) in [7, 11) is 0. The molecular formula is C16H19F3S. The fourth-order valence-electron chi connectivity index (χ4n) is 1.75. The summed E-state index contributed by atoms with van der Waals surface area (Å²) in [6.07, 6.45) is 4.44. The Labute approximate surface area is 123 Å². The largest absolute Gasteiger partial charge is 0.446 e. The first-order valence-corrected chi connectivity index (χ1v) is 7.65. The number of unbranched alkanes of at least 4 members (excludes halogenated alkanes) is 2. The summed E-state index contributed by atoms with van der Waals surface area (Å²) in [6.45, 7) is 4.07. The van der Waals surface area contributed by atoms with E-state index in [-0.39, 0.29) is 16.7 Å². The van der Waals surface area contributed by atoms with Gasteiger partial charge < -0.3 is 0 Å².